The first-order valence-electron chi connectivity index (χ1n) is 6.91. The molecule has 1 aromatic heterocycles. The van der Waals surface area contributed by atoms with Gasteiger partial charge in [-0.1, -0.05) is 30.3 Å². The SMILES string of the molecule is O=S(=O)(NC1CCN(Cc2ccccc2)C1)c1ccn[nH]1. The van der Waals surface area contributed by atoms with E-state index in [0.717, 1.165) is 26.1 Å². The summed E-state index contributed by atoms with van der Waals surface area (Å²) in [4.78, 5) is 2.26. The lowest BCUT2D eigenvalue weighted by Crippen LogP contribution is -2.37. The van der Waals surface area contributed by atoms with Crippen LogP contribution in [0.3, 0.4) is 0 Å². The first-order chi connectivity index (χ1) is 10.1. The van der Waals surface area contributed by atoms with Crippen molar-refractivity contribution < 1.29 is 8.42 Å². The average molecular weight is 306 g/mol. The normalized spacial score (nSPS) is 19.9. The third-order valence-electron chi connectivity index (χ3n) is 3.61. The molecule has 0 aliphatic carbocycles. The minimum Gasteiger partial charge on any atom is -0.297 e. The van der Waals surface area contributed by atoms with Crippen LogP contribution in [0, 0.1) is 0 Å². The summed E-state index contributed by atoms with van der Waals surface area (Å²) in [5.41, 5.74) is 1.24. The standard InChI is InChI=1S/C14H18N4O2S/c19-21(20,14-6-8-15-16-14)17-13-7-9-18(11-13)10-12-4-2-1-3-5-12/h1-6,8,13,17H,7,9-11H2,(H,15,16). The van der Waals surface area contributed by atoms with Crippen LogP contribution >= 0.6 is 0 Å². The molecule has 2 aromatic rings. The molecule has 112 valence electrons. The number of rotatable bonds is 5. The molecule has 21 heavy (non-hydrogen) atoms. The Bertz CT molecular complexity index is 670. The molecule has 0 bridgehead atoms. The first kappa shape index (κ1) is 14.2. The summed E-state index contributed by atoms with van der Waals surface area (Å²) in [5.74, 6) is 0. The third-order valence-corrected chi connectivity index (χ3v) is 5.06. The zero-order valence-electron chi connectivity index (χ0n) is 11.6. The fraction of sp³-hybridized carbons (Fsp3) is 0.357. The van der Waals surface area contributed by atoms with Crippen LogP contribution in [0.2, 0.25) is 0 Å². The van der Waals surface area contributed by atoms with E-state index in [9.17, 15) is 8.42 Å². The molecular formula is C14H18N4O2S. The van der Waals surface area contributed by atoms with Gasteiger partial charge in [0.1, 0.15) is 0 Å². The van der Waals surface area contributed by atoms with Crippen LogP contribution in [0.15, 0.2) is 47.6 Å². The number of hydrogen-bond donors (Lipinski definition) is 2. The van der Waals surface area contributed by atoms with Gasteiger partial charge in [0.25, 0.3) is 10.0 Å². The van der Waals surface area contributed by atoms with Crippen molar-refractivity contribution in [2.75, 3.05) is 13.1 Å². The Labute approximate surface area is 124 Å². The molecule has 2 N–H and O–H groups in total. The van der Waals surface area contributed by atoms with Crippen LogP contribution in [-0.2, 0) is 16.6 Å². The van der Waals surface area contributed by atoms with Gasteiger partial charge in [-0.25, -0.2) is 13.1 Å². The van der Waals surface area contributed by atoms with Crippen molar-refractivity contribution in [2.45, 2.75) is 24.0 Å². The second-order valence-electron chi connectivity index (χ2n) is 5.25. The van der Waals surface area contributed by atoms with Crippen LogP contribution in [-0.4, -0.2) is 42.6 Å². The van der Waals surface area contributed by atoms with Crippen LogP contribution in [0.25, 0.3) is 0 Å². The fourth-order valence-corrected chi connectivity index (χ4v) is 3.76. The predicted octanol–water partition coefficient (Wildman–Crippen LogP) is 0.962. The molecule has 1 aliphatic heterocycles. The second kappa shape index (κ2) is 5.97. The average Bonchev–Trinajstić information content (AvgIpc) is 3.11. The second-order valence-corrected chi connectivity index (χ2v) is 6.93. The number of sulfonamides is 1. The highest BCUT2D eigenvalue weighted by Gasteiger charge is 2.27. The molecule has 7 heteroatoms. The molecular weight excluding hydrogens is 288 g/mol. The van der Waals surface area contributed by atoms with Gasteiger partial charge in [-0.2, -0.15) is 5.10 Å². The molecule has 0 saturated carbocycles. The topological polar surface area (TPSA) is 78.1 Å². The van der Waals surface area contributed by atoms with E-state index in [2.05, 4.69) is 32.0 Å². The summed E-state index contributed by atoms with van der Waals surface area (Å²) in [6, 6.07) is 11.6. The fourth-order valence-electron chi connectivity index (χ4n) is 2.59. The number of nitrogens with zero attached hydrogens (tertiary/aromatic N) is 2. The molecule has 3 rings (SSSR count). The van der Waals surface area contributed by atoms with E-state index in [1.54, 1.807) is 0 Å². The minimum absolute atomic E-state index is 0.0537. The lowest BCUT2D eigenvalue weighted by atomic mass is 10.2. The lowest BCUT2D eigenvalue weighted by molar-refractivity contribution is 0.324. The van der Waals surface area contributed by atoms with E-state index in [1.807, 2.05) is 18.2 Å². The highest BCUT2D eigenvalue weighted by molar-refractivity contribution is 7.89. The van der Waals surface area contributed by atoms with Crippen molar-refractivity contribution in [3.05, 3.63) is 48.2 Å². The monoisotopic (exact) mass is 306 g/mol. The van der Waals surface area contributed by atoms with Crippen molar-refractivity contribution in [3.8, 4) is 0 Å². The maximum atomic E-state index is 12.1. The Morgan fingerprint density at radius 1 is 1.29 bits per heavy atom. The van der Waals surface area contributed by atoms with Crippen molar-refractivity contribution >= 4 is 10.0 Å². The van der Waals surface area contributed by atoms with Crippen molar-refractivity contribution in [1.29, 1.82) is 0 Å². The number of nitrogens with one attached hydrogen (secondary N) is 2. The minimum atomic E-state index is -3.49. The lowest BCUT2D eigenvalue weighted by Gasteiger charge is -2.16. The number of benzene rings is 1. The van der Waals surface area contributed by atoms with Gasteiger partial charge in [0, 0.05) is 25.7 Å². The Kier molecular flexibility index (Phi) is 4.05. The van der Waals surface area contributed by atoms with Crippen molar-refractivity contribution in [3.63, 3.8) is 0 Å². The van der Waals surface area contributed by atoms with Gasteiger partial charge in [-0.3, -0.25) is 10.00 Å². The highest BCUT2D eigenvalue weighted by Crippen LogP contribution is 2.15. The first-order valence-corrected chi connectivity index (χ1v) is 8.40. The van der Waals surface area contributed by atoms with E-state index in [4.69, 9.17) is 0 Å². The maximum absolute atomic E-state index is 12.1. The third kappa shape index (κ3) is 3.49. The Hall–Kier alpha value is -1.70. The smallest absolute Gasteiger partial charge is 0.257 e. The Morgan fingerprint density at radius 2 is 2.10 bits per heavy atom. The number of likely N-dealkylation sites (tertiary alicyclic amines) is 1. The van der Waals surface area contributed by atoms with Gasteiger partial charge in [0.15, 0.2) is 5.03 Å². The van der Waals surface area contributed by atoms with Gasteiger partial charge in [0.2, 0.25) is 0 Å². The zero-order valence-corrected chi connectivity index (χ0v) is 12.4. The largest absolute Gasteiger partial charge is 0.297 e. The van der Waals surface area contributed by atoms with Crippen molar-refractivity contribution in [1.82, 2.24) is 19.8 Å². The molecule has 1 fully saturated rings. The number of H-pyrrole nitrogens is 1. The van der Waals surface area contributed by atoms with Gasteiger partial charge >= 0.3 is 0 Å². The van der Waals surface area contributed by atoms with Crippen LogP contribution in [0.1, 0.15) is 12.0 Å². The van der Waals surface area contributed by atoms with Crippen LogP contribution in [0.4, 0.5) is 0 Å². The van der Waals surface area contributed by atoms with E-state index < -0.39 is 10.0 Å². The molecule has 0 spiro atoms. The Morgan fingerprint density at radius 3 is 2.81 bits per heavy atom. The summed E-state index contributed by atoms with van der Waals surface area (Å²) in [7, 11) is -3.49. The van der Waals surface area contributed by atoms with Gasteiger partial charge in [0.05, 0.1) is 6.20 Å². The van der Waals surface area contributed by atoms with E-state index in [1.165, 1.54) is 17.8 Å². The van der Waals surface area contributed by atoms with Gasteiger partial charge < -0.3 is 0 Å². The number of aromatic nitrogens is 2. The Balaban J connectivity index is 1.58. The molecule has 6 nitrogen and oxygen atoms in total. The molecule has 0 radical (unpaired) electrons. The van der Waals surface area contributed by atoms with Gasteiger partial charge in [-0.15, -0.1) is 0 Å². The van der Waals surface area contributed by atoms with Crippen molar-refractivity contribution in [2.24, 2.45) is 0 Å². The summed E-state index contributed by atoms with van der Waals surface area (Å²) >= 11 is 0. The molecule has 2 heterocycles. The van der Waals surface area contributed by atoms with E-state index in [0.29, 0.717) is 0 Å². The quantitative estimate of drug-likeness (QED) is 0.862. The van der Waals surface area contributed by atoms with Crippen LogP contribution < -0.4 is 4.72 Å². The van der Waals surface area contributed by atoms with E-state index >= 15 is 0 Å². The predicted molar refractivity (Wildman–Crippen MR) is 79.0 cm³/mol. The summed E-state index contributed by atoms with van der Waals surface area (Å²) in [5, 5.41) is 6.28. The number of hydrogen-bond acceptors (Lipinski definition) is 4. The summed E-state index contributed by atoms with van der Waals surface area (Å²) in [6.45, 7) is 2.47. The molecule has 1 unspecified atom stereocenters. The zero-order chi connectivity index (χ0) is 14.7. The summed E-state index contributed by atoms with van der Waals surface area (Å²) in [6.07, 6.45) is 2.26. The highest BCUT2D eigenvalue weighted by atomic mass is 32.2. The maximum Gasteiger partial charge on any atom is 0.257 e. The van der Waals surface area contributed by atoms with E-state index in [-0.39, 0.29) is 11.1 Å². The number of aromatic amines is 1. The molecule has 1 aromatic carbocycles. The van der Waals surface area contributed by atoms with Gasteiger partial charge in [-0.05, 0) is 18.1 Å². The molecule has 1 atom stereocenters. The van der Waals surface area contributed by atoms with Crippen LogP contribution in [0.5, 0.6) is 0 Å². The molecule has 1 saturated heterocycles. The molecule has 1 aliphatic rings. The summed E-state index contributed by atoms with van der Waals surface area (Å²) < 4.78 is 27.0. The molecule has 0 amide bonds.